The van der Waals surface area contributed by atoms with Crippen molar-refractivity contribution < 1.29 is 14.0 Å². The molecule has 0 spiro atoms. The summed E-state index contributed by atoms with van der Waals surface area (Å²) in [6.07, 6.45) is 0. The van der Waals surface area contributed by atoms with Crippen LogP contribution in [0.2, 0.25) is 5.02 Å². The van der Waals surface area contributed by atoms with Crippen molar-refractivity contribution in [2.75, 3.05) is 0 Å². The number of urea groups is 1. The molecule has 0 aliphatic carbocycles. The summed E-state index contributed by atoms with van der Waals surface area (Å²) in [7, 11) is 0. The predicted octanol–water partition coefficient (Wildman–Crippen LogP) is 4.48. The van der Waals surface area contributed by atoms with Crippen molar-refractivity contribution in [2.24, 2.45) is 0 Å². The van der Waals surface area contributed by atoms with Gasteiger partial charge in [0.15, 0.2) is 0 Å². The summed E-state index contributed by atoms with van der Waals surface area (Å²) in [5.74, 6) is -0.403. The van der Waals surface area contributed by atoms with Gasteiger partial charge in [0, 0.05) is 20.9 Å². The van der Waals surface area contributed by atoms with Gasteiger partial charge in [-0.3, -0.25) is 9.69 Å². The van der Waals surface area contributed by atoms with Crippen molar-refractivity contribution in [3.8, 4) is 0 Å². The van der Waals surface area contributed by atoms with Crippen LogP contribution in [0.15, 0.2) is 56.1 Å². The van der Waals surface area contributed by atoms with Gasteiger partial charge < -0.3 is 9.73 Å². The number of halogens is 2. The van der Waals surface area contributed by atoms with Crippen molar-refractivity contribution in [3.63, 3.8) is 0 Å². The zero-order valence-electron chi connectivity index (χ0n) is 15.6. The molecule has 1 aromatic heterocycles. The summed E-state index contributed by atoms with van der Waals surface area (Å²) in [6.45, 7) is 3.39. The highest BCUT2D eigenvalue weighted by Crippen LogP contribution is 2.32. The lowest BCUT2D eigenvalue weighted by molar-refractivity contribution is -0.131. The van der Waals surface area contributed by atoms with E-state index in [9.17, 15) is 14.4 Å². The standard InChI is InChI=1S/C21H16BrClN2O4/c1-11-6-17-15(9-16(11)23)12(7-18(26)29-17)10-25-19(27)21(2,24-20(25)28)13-4-3-5-14(22)8-13/h3-9H,10H2,1-2H3,(H,24,28). The molecule has 1 aliphatic rings. The molecular weight excluding hydrogens is 460 g/mol. The summed E-state index contributed by atoms with van der Waals surface area (Å²) in [5, 5.41) is 3.85. The second kappa shape index (κ2) is 7.00. The van der Waals surface area contributed by atoms with Gasteiger partial charge in [-0.05, 0) is 54.8 Å². The van der Waals surface area contributed by atoms with Crippen LogP contribution in [0, 0.1) is 6.92 Å². The second-order valence-electron chi connectivity index (χ2n) is 7.15. The smallest absolute Gasteiger partial charge is 0.336 e. The fourth-order valence-corrected chi connectivity index (χ4v) is 4.05. The Balaban J connectivity index is 1.75. The second-order valence-corrected chi connectivity index (χ2v) is 8.47. The Morgan fingerprint density at radius 2 is 1.93 bits per heavy atom. The van der Waals surface area contributed by atoms with Crippen LogP contribution in [0.3, 0.4) is 0 Å². The first-order valence-corrected chi connectivity index (χ1v) is 9.99. The Labute approximate surface area is 179 Å². The lowest BCUT2D eigenvalue weighted by Gasteiger charge is -2.22. The molecule has 3 amide bonds. The first kappa shape index (κ1) is 19.7. The quantitative estimate of drug-likeness (QED) is 0.447. The lowest BCUT2D eigenvalue weighted by atomic mass is 9.92. The summed E-state index contributed by atoms with van der Waals surface area (Å²) < 4.78 is 6.06. The van der Waals surface area contributed by atoms with E-state index in [1.54, 1.807) is 44.2 Å². The van der Waals surface area contributed by atoms with Gasteiger partial charge in [0.25, 0.3) is 5.91 Å². The molecule has 0 radical (unpaired) electrons. The van der Waals surface area contributed by atoms with E-state index in [0.29, 0.717) is 27.1 Å². The van der Waals surface area contributed by atoms with E-state index in [1.165, 1.54) is 6.07 Å². The Hall–Kier alpha value is -2.64. The van der Waals surface area contributed by atoms with Crippen LogP contribution >= 0.6 is 27.5 Å². The molecular formula is C21H16BrClN2O4. The molecule has 8 heteroatoms. The lowest BCUT2D eigenvalue weighted by Crippen LogP contribution is -2.40. The van der Waals surface area contributed by atoms with Gasteiger partial charge in [0.05, 0.1) is 6.54 Å². The minimum atomic E-state index is -1.20. The van der Waals surface area contributed by atoms with E-state index < -0.39 is 23.1 Å². The maximum atomic E-state index is 13.2. The molecule has 1 unspecified atom stereocenters. The summed E-state index contributed by atoms with van der Waals surface area (Å²) in [4.78, 5) is 39.0. The molecule has 2 aromatic carbocycles. The first-order chi connectivity index (χ1) is 13.7. The fourth-order valence-electron chi connectivity index (χ4n) is 3.49. The van der Waals surface area contributed by atoms with Gasteiger partial charge in [0.1, 0.15) is 11.1 Å². The van der Waals surface area contributed by atoms with Crippen LogP contribution in [0.1, 0.15) is 23.6 Å². The minimum Gasteiger partial charge on any atom is -0.423 e. The van der Waals surface area contributed by atoms with Gasteiger partial charge in [-0.2, -0.15) is 0 Å². The number of nitrogens with one attached hydrogen (secondary N) is 1. The van der Waals surface area contributed by atoms with E-state index in [4.69, 9.17) is 16.0 Å². The highest BCUT2D eigenvalue weighted by Gasteiger charge is 2.49. The molecule has 3 aromatic rings. The number of nitrogens with zero attached hydrogens (tertiary/aromatic N) is 1. The molecule has 0 saturated carbocycles. The van der Waals surface area contributed by atoms with Crippen LogP contribution in [-0.2, 0) is 16.9 Å². The number of aryl methyl sites for hydroxylation is 1. The highest BCUT2D eigenvalue weighted by molar-refractivity contribution is 9.10. The van der Waals surface area contributed by atoms with Crippen molar-refractivity contribution in [1.29, 1.82) is 0 Å². The van der Waals surface area contributed by atoms with Gasteiger partial charge >= 0.3 is 11.7 Å². The van der Waals surface area contributed by atoms with E-state index in [1.807, 2.05) is 6.07 Å². The zero-order chi connectivity index (χ0) is 20.9. The Morgan fingerprint density at radius 3 is 2.66 bits per heavy atom. The number of carbonyl (C=O) groups is 2. The monoisotopic (exact) mass is 474 g/mol. The molecule has 1 atom stereocenters. The molecule has 1 aliphatic heterocycles. The van der Waals surface area contributed by atoms with E-state index in [2.05, 4.69) is 21.2 Å². The van der Waals surface area contributed by atoms with E-state index in [0.717, 1.165) is 14.9 Å². The molecule has 2 heterocycles. The van der Waals surface area contributed by atoms with Crippen LogP contribution in [0.5, 0.6) is 0 Å². The fraction of sp³-hybridized carbons (Fsp3) is 0.190. The van der Waals surface area contributed by atoms with Crippen molar-refractivity contribution in [2.45, 2.75) is 25.9 Å². The first-order valence-electron chi connectivity index (χ1n) is 8.82. The predicted molar refractivity (Wildman–Crippen MR) is 113 cm³/mol. The van der Waals surface area contributed by atoms with Crippen LogP contribution < -0.4 is 10.9 Å². The van der Waals surface area contributed by atoms with Crippen molar-refractivity contribution in [1.82, 2.24) is 10.2 Å². The third-order valence-corrected chi connectivity index (χ3v) is 6.02. The van der Waals surface area contributed by atoms with Crippen LogP contribution in [0.25, 0.3) is 11.0 Å². The van der Waals surface area contributed by atoms with Gasteiger partial charge in [-0.1, -0.05) is 39.7 Å². The number of benzene rings is 2. The zero-order valence-corrected chi connectivity index (χ0v) is 17.9. The average molecular weight is 476 g/mol. The molecule has 148 valence electrons. The number of carbonyl (C=O) groups excluding carboxylic acids is 2. The Bertz CT molecular complexity index is 1240. The number of hydrogen-bond donors (Lipinski definition) is 1. The topological polar surface area (TPSA) is 79.6 Å². The number of fused-ring (bicyclic) bond motifs is 1. The van der Waals surface area contributed by atoms with Gasteiger partial charge in [-0.15, -0.1) is 0 Å². The molecule has 1 fully saturated rings. The number of rotatable bonds is 3. The maximum Gasteiger partial charge on any atom is 0.336 e. The van der Waals surface area contributed by atoms with Crippen LogP contribution in [0.4, 0.5) is 4.79 Å². The summed E-state index contributed by atoms with van der Waals surface area (Å²) in [5.41, 5.74) is 0.498. The normalized spacial score (nSPS) is 19.1. The highest BCUT2D eigenvalue weighted by atomic mass is 79.9. The molecule has 0 bridgehead atoms. The van der Waals surface area contributed by atoms with Crippen molar-refractivity contribution >= 4 is 50.4 Å². The van der Waals surface area contributed by atoms with E-state index in [-0.39, 0.29) is 6.54 Å². The Kier molecular flexibility index (Phi) is 4.75. The maximum absolute atomic E-state index is 13.2. The number of imide groups is 1. The minimum absolute atomic E-state index is 0.0737. The van der Waals surface area contributed by atoms with Crippen molar-refractivity contribution in [3.05, 3.63) is 79.1 Å². The van der Waals surface area contributed by atoms with Gasteiger partial charge in [-0.25, -0.2) is 9.59 Å². The molecule has 1 saturated heterocycles. The average Bonchev–Trinajstić information content (AvgIpc) is 2.87. The Morgan fingerprint density at radius 1 is 1.17 bits per heavy atom. The third-order valence-electron chi connectivity index (χ3n) is 5.11. The molecule has 6 nitrogen and oxygen atoms in total. The molecule has 29 heavy (non-hydrogen) atoms. The summed E-state index contributed by atoms with van der Waals surface area (Å²) in [6, 6.07) is 11.3. The molecule has 4 rings (SSSR count). The van der Waals surface area contributed by atoms with Gasteiger partial charge in [0.2, 0.25) is 0 Å². The third kappa shape index (κ3) is 3.34. The summed E-state index contributed by atoms with van der Waals surface area (Å²) >= 11 is 9.62. The van der Waals surface area contributed by atoms with Crippen LogP contribution in [-0.4, -0.2) is 16.8 Å². The largest absolute Gasteiger partial charge is 0.423 e. The van der Waals surface area contributed by atoms with E-state index >= 15 is 0 Å². The number of amides is 3. The SMILES string of the molecule is Cc1cc2oc(=O)cc(CN3C(=O)NC(C)(c4cccc(Br)c4)C3=O)c2cc1Cl. The molecule has 1 N–H and O–H groups in total. The number of hydrogen-bond acceptors (Lipinski definition) is 4.